The molecular weight excluding hydrogens is 1130 g/mol. The maximum Gasteiger partial charge on any atom is 0.326 e. The van der Waals surface area contributed by atoms with Crippen molar-refractivity contribution in [2.75, 3.05) is 111 Å². The summed E-state index contributed by atoms with van der Waals surface area (Å²) in [7, 11) is 1.58. The van der Waals surface area contributed by atoms with E-state index in [1.807, 2.05) is 83.1 Å². The SMILES string of the molecule is COc1ccc(C2=N[C@H](c3ccc(Cl)cc3)[C@H](c3ccc(Cl)cc3)N2C(=O)N2CCN(CCOCCOCCOCCOCCC(=O)NCCN3C[C@H](C)Oc4ccc(C)cc4[C@@H](C)Nc4ccn5ncc(c5n4)C3=O)C(=O)C2)c(OC(C)C)c1. The predicted molar refractivity (Wildman–Crippen MR) is 322 cm³/mol. The number of amidine groups is 1. The Hall–Kier alpha value is -7.53. The van der Waals surface area contributed by atoms with Crippen LogP contribution in [0.2, 0.25) is 10.0 Å². The molecule has 0 unspecified atom stereocenters. The Morgan fingerprint density at radius 1 is 0.788 bits per heavy atom. The lowest BCUT2D eigenvalue weighted by atomic mass is 9.93. The summed E-state index contributed by atoms with van der Waals surface area (Å²) in [4.78, 5) is 72.3. The highest BCUT2D eigenvalue weighted by Crippen LogP contribution is 2.46. The summed E-state index contributed by atoms with van der Waals surface area (Å²) in [5, 5.41) is 11.8. The van der Waals surface area contributed by atoms with Crippen LogP contribution in [0.25, 0.3) is 5.65 Å². The minimum absolute atomic E-state index is 0.129. The van der Waals surface area contributed by atoms with Crippen LogP contribution in [0, 0.1) is 6.92 Å². The number of aryl methyl sites for hydroxylation is 1. The third-order valence-electron chi connectivity index (χ3n) is 14.6. The summed E-state index contributed by atoms with van der Waals surface area (Å²) in [5.74, 6) is 2.11. The van der Waals surface area contributed by atoms with Crippen molar-refractivity contribution in [3.63, 3.8) is 0 Å². The molecule has 0 radical (unpaired) electrons. The lowest BCUT2D eigenvalue weighted by Crippen LogP contribution is -2.56. The van der Waals surface area contributed by atoms with E-state index in [1.54, 1.807) is 73.8 Å². The van der Waals surface area contributed by atoms with Crippen LogP contribution in [-0.4, -0.2) is 182 Å². The number of nitrogens with zero attached hydrogens (tertiary/aromatic N) is 8. The fourth-order valence-electron chi connectivity index (χ4n) is 10.3. The van der Waals surface area contributed by atoms with Gasteiger partial charge >= 0.3 is 6.03 Å². The van der Waals surface area contributed by atoms with E-state index in [0.717, 1.165) is 28.0 Å². The van der Waals surface area contributed by atoms with Crippen LogP contribution in [0.1, 0.15) is 90.4 Å². The number of methoxy groups -OCH3 is 1. The number of urea groups is 1. The lowest BCUT2D eigenvalue weighted by molar-refractivity contribution is -0.135. The highest BCUT2D eigenvalue weighted by Gasteiger charge is 2.46. The molecule has 5 heterocycles. The van der Waals surface area contributed by atoms with Crippen molar-refractivity contribution in [1.82, 2.24) is 39.5 Å². The molecule has 0 spiro atoms. The minimum atomic E-state index is -0.617. The number of hydrogen-bond acceptors (Lipinski definition) is 15. The van der Waals surface area contributed by atoms with Gasteiger partial charge in [-0.3, -0.25) is 24.3 Å². The molecule has 2 bridgehead atoms. The number of benzene rings is 4. The number of nitrogens with one attached hydrogen (secondary N) is 2. The number of carbonyl (C=O) groups excluding carboxylic acids is 4. The smallest absolute Gasteiger partial charge is 0.326 e. The second kappa shape index (κ2) is 29.5. The topological polar surface area (TPSA) is 212 Å². The van der Waals surface area contributed by atoms with Gasteiger partial charge < -0.3 is 58.5 Å². The first-order chi connectivity index (χ1) is 41.1. The monoisotopic (exact) mass is 1200 g/mol. The standard InChI is InChI=1S/C62H74Cl2N10O11/c1-40(2)84-53-36-48(79-6)16-17-49(53)60-69-57(44-8-12-46(63)13-9-44)58(45-10-14-47(64)15-11-45)74(60)62(78)72-25-24-70(56(76)39-72)26-28-81-30-32-83-34-33-82-31-29-80-27-20-55(75)65-21-23-71-38-42(4)85-52-18-7-41(3)35-50(52)43(5)67-54-19-22-73-59(68-54)51(37-66-73)61(71)77/h7-19,22,35-37,40,42-43,57-58H,20-21,23-34,38-39H2,1-6H3,(H,65,75)(H,67,68)/t42-,43+,57+,58-/m0/s1. The number of anilines is 1. The first kappa shape index (κ1) is 62.0. The molecule has 4 atom stereocenters. The Morgan fingerprint density at radius 2 is 1.47 bits per heavy atom. The highest BCUT2D eigenvalue weighted by atomic mass is 35.5. The summed E-state index contributed by atoms with van der Waals surface area (Å²) in [6.45, 7) is 13.8. The van der Waals surface area contributed by atoms with E-state index in [0.29, 0.717) is 103 Å². The average Bonchev–Trinajstić information content (AvgIpc) is 3.08. The fraction of sp³-hybridized carbons (Fsp3) is 0.435. The molecule has 0 aliphatic carbocycles. The van der Waals surface area contributed by atoms with E-state index < -0.39 is 12.1 Å². The molecule has 2 N–H and O–H groups in total. The second-order valence-corrected chi connectivity index (χ2v) is 22.1. The van der Waals surface area contributed by atoms with Crippen molar-refractivity contribution in [2.24, 2.45) is 4.99 Å². The van der Waals surface area contributed by atoms with Crippen molar-refractivity contribution in [2.45, 2.75) is 71.4 Å². The first-order valence-corrected chi connectivity index (χ1v) is 29.4. The summed E-state index contributed by atoms with van der Waals surface area (Å²) in [6.07, 6.45) is 2.86. The van der Waals surface area contributed by atoms with Gasteiger partial charge in [0.25, 0.3) is 5.91 Å². The van der Waals surface area contributed by atoms with Crippen molar-refractivity contribution in [3.05, 3.63) is 147 Å². The predicted octanol–water partition coefficient (Wildman–Crippen LogP) is 8.62. The molecule has 5 amide bonds. The number of rotatable bonds is 24. The number of fused-ring (bicyclic) bond motifs is 2. The molecule has 452 valence electrons. The molecule has 3 aliphatic rings. The van der Waals surface area contributed by atoms with Crippen LogP contribution in [0.5, 0.6) is 17.2 Å². The number of piperazine rings is 1. The second-order valence-electron chi connectivity index (χ2n) is 21.2. The summed E-state index contributed by atoms with van der Waals surface area (Å²) in [6, 6.07) is 26.4. The number of carbonyl (C=O) groups is 4. The van der Waals surface area contributed by atoms with Gasteiger partial charge in [0.15, 0.2) is 5.65 Å². The van der Waals surface area contributed by atoms with Crippen LogP contribution in [0.3, 0.4) is 0 Å². The Kier molecular flexibility index (Phi) is 21.5. The maximum absolute atomic E-state index is 15.1. The van der Waals surface area contributed by atoms with Gasteiger partial charge in [-0.05, 0) is 94.3 Å². The first-order valence-electron chi connectivity index (χ1n) is 28.7. The minimum Gasteiger partial charge on any atom is -0.497 e. The number of halogens is 2. The molecular formula is C62H74Cl2N10O11. The molecule has 6 aromatic rings. The maximum atomic E-state index is 15.1. The number of aliphatic imine (C=N–C) groups is 1. The van der Waals surface area contributed by atoms with E-state index in [-0.39, 0.29) is 94.4 Å². The molecule has 2 aromatic heterocycles. The lowest BCUT2D eigenvalue weighted by Gasteiger charge is -2.38. The molecule has 4 aromatic carbocycles. The highest BCUT2D eigenvalue weighted by molar-refractivity contribution is 6.30. The van der Waals surface area contributed by atoms with Gasteiger partial charge in [0.05, 0.1) is 96.5 Å². The van der Waals surface area contributed by atoms with Gasteiger partial charge in [0, 0.05) is 67.0 Å². The molecule has 3 aliphatic heterocycles. The van der Waals surface area contributed by atoms with Gasteiger partial charge in [0.1, 0.15) is 53.2 Å². The van der Waals surface area contributed by atoms with E-state index in [2.05, 4.69) is 21.8 Å². The van der Waals surface area contributed by atoms with Gasteiger partial charge in [-0.2, -0.15) is 5.10 Å². The number of aromatic nitrogens is 3. The summed E-state index contributed by atoms with van der Waals surface area (Å²) >= 11 is 12.7. The largest absolute Gasteiger partial charge is 0.497 e. The zero-order valence-corrected chi connectivity index (χ0v) is 50.4. The number of ether oxygens (including phenoxy) is 7. The Labute approximate surface area is 505 Å². The van der Waals surface area contributed by atoms with Gasteiger partial charge in [-0.15, -0.1) is 0 Å². The van der Waals surface area contributed by atoms with E-state index in [9.17, 15) is 14.4 Å². The fourth-order valence-corrected chi connectivity index (χ4v) is 10.6. The van der Waals surface area contributed by atoms with Crippen molar-refractivity contribution in [3.8, 4) is 17.2 Å². The molecule has 1 saturated heterocycles. The zero-order chi connectivity index (χ0) is 60.0. The summed E-state index contributed by atoms with van der Waals surface area (Å²) < 4.78 is 42.7. The Morgan fingerprint density at radius 3 is 2.15 bits per heavy atom. The van der Waals surface area contributed by atoms with E-state index in [1.165, 1.54) is 6.20 Å². The van der Waals surface area contributed by atoms with Gasteiger partial charge in [-0.25, -0.2) is 14.3 Å². The van der Waals surface area contributed by atoms with Gasteiger partial charge in [-0.1, -0.05) is 65.2 Å². The van der Waals surface area contributed by atoms with Gasteiger partial charge in [0.2, 0.25) is 11.8 Å². The molecule has 0 saturated carbocycles. The van der Waals surface area contributed by atoms with E-state index in [4.69, 9.17) is 66.3 Å². The normalized spacial score (nSPS) is 18.2. The van der Waals surface area contributed by atoms with E-state index >= 15 is 4.79 Å². The molecule has 85 heavy (non-hydrogen) atoms. The Bertz CT molecular complexity index is 3290. The molecule has 9 rings (SSSR count). The average molecular weight is 1210 g/mol. The number of hydrogen-bond donors (Lipinski definition) is 2. The third kappa shape index (κ3) is 16.1. The van der Waals surface area contributed by atoms with Crippen LogP contribution in [0.15, 0.2) is 108 Å². The molecule has 1 fully saturated rings. The zero-order valence-electron chi connectivity index (χ0n) is 48.8. The molecule has 21 nitrogen and oxygen atoms in total. The van der Waals surface area contributed by atoms with Crippen molar-refractivity contribution >= 4 is 64.3 Å². The van der Waals surface area contributed by atoms with Crippen LogP contribution in [0.4, 0.5) is 10.6 Å². The van der Waals surface area contributed by atoms with Crippen LogP contribution in [-0.2, 0) is 28.5 Å². The number of amides is 5. The van der Waals surface area contributed by atoms with Crippen molar-refractivity contribution in [1.29, 1.82) is 0 Å². The summed E-state index contributed by atoms with van der Waals surface area (Å²) in [5.41, 5.74) is 5.09. The van der Waals surface area contributed by atoms with Crippen LogP contribution >= 0.6 is 23.2 Å². The molecule has 23 heteroatoms. The van der Waals surface area contributed by atoms with Crippen LogP contribution < -0.4 is 24.8 Å². The quantitative estimate of drug-likeness (QED) is 0.0544. The van der Waals surface area contributed by atoms with Crippen molar-refractivity contribution < 1.29 is 52.3 Å². The Balaban J connectivity index is 0.667. The third-order valence-corrected chi connectivity index (χ3v) is 15.1.